The van der Waals surface area contributed by atoms with Gasteiger partial charge in [0.15, 0.2) is 0 Å². The lowest BCUT2D eigenvalue weighted by molar-refractivity contribution is 0.528. The topological polar surface area (TPSA) is 80.5 Å². The van der Waals surface area contributed by atoms with Gasteiger partial charge >= 0.3 is 0 Å². The summed E-state index contributed by atoms with van der Waals surface area (Å²) in [7, 11) is 0. The van der Waals surface area contributed by atoms with Crippen LogP contribution in [0.3, 0.4) is 0 Å². The van der Waals surface area contributed by atoms with Crippen LogP contribution in [0.15, 0.2) is 38.3 Å². The minimum absolute atomic E-state index is 0.516. The molecule has 0 aliphatic carbocycles. The van der Waals surface area contributed by atoms with Gasteiger partial charge in [-0.3, -0.25) is 5.10 Å². The van der Waals surface area contributed by atoms with E-state index in [1.807, 2.05) is 31.2 Å². The Balaban J connectivity index is 1.66. The summed E-state index contributed by atoms with van der Waals surface area (Å²) in [5, 5.41) is 15.8. The van der Waals surface area contributed by atoms with E-state index in [4.69, 9.17) is 4.42 Å². The van der Waals surface area contributed by atoms with Crippen LogP contribution in [0.4, 0.5) is 0 Å². The average molecular weight is 366 g/mol. The number of aromatic amines is 1. The lowest BCUT2D eigenvalue weighted by Gasteiger charge is -1.94. The van der Waals surface area contributed by atoms with Crippen molar-refractivity contribution in [3.05, 3.63) is 40.5 Å². The third-order valence-corrected chi connectivity index (χ3v) is 4.09. The number of hydrogen-bond acceptors (Lipinski definition) is 6. The first kappa shape index (κ1) is 14.3. The van der Waals surface area contributed by atoms with Crippen molar-refractivity contribution in [2.45, 2.75) is 24.3 Å². The van der Waals surface area contributed by atoms with Crippen molar-refractivity contribution in [2.75, 3.05) is 0 Å². The molecule has 3 rings (SSSR count). The molecule has 0 fully saturated rings. The summed E-state index contributed by atoms with van der Waals surface area (Å²) in [5.74, 6) is 2.49. The van der Waals surface area contributed by atoms with Gasteiger partial charge in [-0.2, -0.15) is 0 Å². The molecule has 1 N–H and O–H groups in total. The van der Waals surface area contributed by atoms with Crippen LogP contribution in [0.1, 0.15) is 18.6 Å². The molecule has 0 aliphatic heterocycles. The number of hydrogen-bond donors (Lipinski definition) is 1. The number of nitrogens with one attached hydrogen (secondary N) is 1. The van der Waals surface area contributed by atoms with E-state index in [2.05, 4.69) is 41.3 Å². The van der Waals surface area contributed by atoms with Gasteiger partial charge in [0.05, 0.1) is 5.75 Å². The van der Waals surface area contributed by atoms with E-state index in [9.17, 15) is 0 Å². The second kappa shape index (κ2) is 6.40. The second-order valence-electron chi connectivity index (χ2n) is 4.21. The molecule has 0 unspecified atom stereocenters. The first-order chi connectivity index (χ1) is 10.2. The van der Waals surface area contributed by atoms with Gasteiger partial charge in [0.2, 0.25) is 16.9 Å². The molecule has 0 atom stereocenters. The Hall–Kier alpha value is -1.67. The number of H-pyrrole nitrogens is 1. The molecule has 3 aromatic rings. The predicted molar refractivity (Wildman–Crippen MR) is 82.8 cm³/mol. The van der Waals surface area contributed by atoms with Gasteiger partial charge in [0.1, 0.15) is 5.82 Å². The number of halogens is 1. The smallest absolute Gasteiger partial charge is 0.247 e. The van der Waals surface area contributed by atoms with Crippen LogP contribution in [-0.2, 0) is 12.2 Å². The Morgan fingerprint density at radius 3 is 2.76 bits per heavy atom. The number of aryl methyl sites for hydroxylation is 1. The van der Waals surface area contributed by atoms with Crippen molar-refractivity contribution < 1.29 is 4.42 Å². The Bertz CT molecular complexity index is 724. The summed E-state index contributed by atoms with van der Waals surface area (Å²) in [6.07, 6.45) is 0.835. The SMILES string of the molecule is CCc1nc(SCc2nnc(-c3ccc(Br)cc3)o2)n[nH]1. The number of aromatic nitrogens is 5. The van der Waals surface area contributed by atoms with Crippen LogP contribution >= 0.6 is 27.7 Å². The fraction of sp³-hybridized carbons (Fsp3) is 0.231. The summed E-state index contributed by atoms with van der Waals surface area (Å²) in [4.78, 5) is 4.32. The Labute approximate surface area is 133 Å². The molecule has 0 saturated heterocycles. The molecule has 2 heterocycles. The molecule has 0 aliphatic rings. The first-order valence-electron chi connectivity index (χ1n) is 6.37. The maximum absolute atomic E-state index is 5.64. The van der Waals surface area contributed by atoms with Crippen LogP contribution in [0.2, 0.25) is 0 Å². The van der Waals surface area contributed by atoms with E-state index in [1.165, 1.54) is 11.8 Å². The normalized spacial score (nSPS) is 11.0. The quantitative estimate of drug-likeness (QED) is 0.697. The van der Waals surface area contributed by atoms with E-state index in [0.29, 0.717) is 22.7 Å². The highest BCUT2D eigenvalue weighted by molar-refractivity contribution is 9.10. The summed E-state index contributed by atoms with van der Waals surface area (Å²) in [5.41, 5.74) is 0.896. The van der Waals surface area contributed by atoms with Gasteiger partial charge in [-0.15, -0.1) is 15.3 Å². The number of nitrogens with zero attached hydrogens (tertiary/aromatic N) is 4. The minimum atomic E-state index is 0.516. The van der Waals surface area contributed by atoms with Crippen LogP contribution < -0.4 is 0 Å². The van der Waals surface area contributed by atoms with Crippen molar-refractivity contribution in [1.29, 1.82) is 0 Å². The molecular formula is C13H12BrN5OS. The van der Waals surface area contributed by atoms with E-state index < -0.39 is 0 Å². The molecule has 0 radical (unpaired) electrons. The van der Waals surface area contributed by atoms with Crippen molar-refractivity contribution in [1.82, 2.24) is 25.4 Å². The van der Waals surface area contributed by atoms with Gasteiger partial charge in [-0.05, 0) is 24.3 Å². The monoisotopic (exact) mass is 365 g/mol. The highest BCUT2D eigenvalue weighted by atomic mass is 79.9. The van der Waals surface area contributed by atoms with Gasteiger partial charge < -0.3 is 4.42 Å². The van der Waals surface area contributed by atoms with E-state index in [0.717, 1.165) is 22.3 Å². The van der Waals surface area contributed by atoms with E-state index in [1.54, 1.807) is 0 Å². The van der Waals surface area contributed by atoms with Crippen molar-refractivity contribution in [2.24, 2.45) is 0 Å². The third-order valence-electron chi connectivity index (χ3n) is 2.73. The number of rotatable bonds is 5. The fourth-order valence-electron chi connectivity index (χ4n) is 1.65. The molecular weight excluding hydrogens is 354 g/mol. The zero-order valence-corrected chi connectivity index (χ0v) is 13.6. The fourth-order valence-corrected chi connectivity index (χ4v) is 2.57. The Morgan fingerprint density at radius 1 is 1.24 bits per heavy atom. The van der Waals surface area contributed by atoms with E-state index in [-0.39, 0.29) is 0 Å². The van der Waals surface area contributed by atoms with Crippen LogP contribution in [-0.4, -0.2) is 25.4 Å². The lowest BCUT2D eigenvalue weighted by atomic mass is 10.2. The number of thioether (sulfide) groups is 1. The summed E-state index contributed by atoms with van der Waals surface area (Å²) >= 11 is 4.86. The van der Waals surface area contributed by atoms with E-state index >= 15 is 0 Å². The molecule has 6 nitrogen and oxygen atoms in total. The average Bonchev–Trinajstić information content (AvgIpc) is 3.15. The molecule has 1 aromatic carbocycles. The van der Waals surface area contributed by atoms with Crippen LogP contribution in [0, 0.1) is 0 Å². The Morgan fingerprint density at radius 2 is 2.05 bits per heavy atom. The molecule has 21 heavy (non-hydrogen) atoms. The molecule has 2 aromatic heterocycles. The molecule has 0 spiro atoms. The summed E-state index contributed by atoms with van der Waals surface area (Å²) in [6, 6.07) is 7.73. The highest BCUT2D eigenvalue weighted by Gasteiger charge is 2.10. The number of benzene rings is 1. The molecule has 0 amide bonds. The van der Waals surface area contributed by atoms with Crippen LogP contribution in [0.25, 0.3) is 11.5 Å². The lowest BCUT2D eigenvalue weighted by Crippen LogP contribution is -1.83. The summed E-state index contributed by atoms with van der Waals surface area (Å²) in [6.45, 7) is 2.03. The molecule has 8 heteroatoms. The maximum Gasteiger partial charge on any atom is 0.247 e. The zero-order valence-electron chi connectivity index (χ0n) is 11.2. The van der Waals surface area contributed by atoms with Gasteiger partial charge in [0.25, 0.3) is 0 Å². The third kappa shape index (κ3) is 3.51. The van der Waals surface area contributed by atoms with Crippen molar-refractivity contribution in [3.63, 3.8) is 0 Å². The first-order valence-corrected chi connectivity index (χ1v) is 8.15. The highest BCUT2D eigenvalue weighted by Crippen LogP contribution is 2.23. The van der Waals surface area contributed by atoms with Crippen LogP contribution in [0.5, 0.6) is 0 Å². The molecule has 0 bridgehead atoms. The Kier molecular flexibility index (Phi) is 4.35. The summed E-state index contributed by atoms with van der Waals surface area (Å²) < 4.78 is 6.65. The van der Waals surface area contributed by atoms with Gasteiger partial charge in [-0.25, -0.2) is 4.98 Å². The predicted octanol–water partition coefficient (Wildman–Crippen LogP) is 3.47. The molecule has 0 saturated carbocycles. The van der Waals surface area contributed by atoms with Crippen molar-refractivity contribution in [3.8, 4) is 11.5 Å². The second-order valence-corrected chi connectivity index (χ2v) is 6.07. The van der Waals surface area contributed by atoms with Crippen molar-refractivity contribution >= 4 is 27.7 Å². The molecule has 108 valence electrons. The van der Waals surface area contributed by atoms with Gasteiger partial charge in [0, 0.05) is 16.5 Å². The minimum Gasteiger partial charge on any atom is -0.420 e. The maximum atomic E-state index is 5.64. The standard InChI is InChI=1S/C13H12BrN5OS/c1-2-10-15-13(19-16-10)21-7-11-17-18-12(20-11)8-3-5-9(14)6-4-8/h3-6H,2,7H2,1H3,(H,15,16,19). The largest absolute Gasteiger partial charge is 0.420 e. The zero-order chi connectivity index (χ0) is 14.7. The van der Waals surface area contributed by atoms with Gasteiger partial charge in [-0.1, -0.05) is 34.6 Å².